The maximum Gasteiger partial charge on any atom is 0.326 e. The van der Waals surface area contributed by atoms with Crippen molar-refractivity contribution in [2.24, 2.45) is 5.92 Å². The number of nitrogen functional groups attached to an aromatic ring is 1. The predicted octanol–water partition coefficient (Wildman–Crippen LogP) is 0.288. The number of nitrogens with one attached hydrogen (secondary N) is 1. The van der Waals surface area contributed by atoms with E-state index >= 15 is 0 Å². The van der Waals surface area contributed by atoms with Crippen LogP contribution in [0.4, 0.5) is 5.82 Å². The van der Waals surface area contributed by atoms with E-state index in [0.717, 1.165) is 0 Å². The molecule has 0 unspecified atom stereocenters. The largest absolute Gasteiger partial charge is 0.480 e. The summed E-state index contributed by atoms with van der Waals surface area (Å²) in [7, 11) is 0. The van der Waals surface area contributed by atoms with Gasteiger partial charge in [-0.2, -0.15) is 0 Å². The molecule has 7 nitrogen and oxygen atoms in total. The Balaban J connectivity index is 2.86. The Kier molecular flexibility index (Phi) is 4.59. The molecule has 1 heterocycles. The molecule has 0 bridgehead atoms. The number of hydrogen-bond donors (Lipinski definition) is 3. The van der Waals surface area contributed by atoms with E-state index in [0.29, 0.717) is 6.42 Å². The normalized spacial score (nSPS) is 13.7. The van der Waals surface area contributed by atoms with Gasteiger partial charge in [-0.15, -0.1) is 0 Å². The molecule has 0 spiro atoms. The fraction of sp³-hybridized carbons (Fsp3) is 0.455. The molecule has 0 saturated carbocycles. The lowest BCUT2D eigenvalue weighted by atomic mass is 9.99. The summed E-state index contributed by atoms with van der Waals surface area (Å²) in [6, 6.07) is -0.969. The SMILES string of the molecule is CC[C@H](C)[C@H](NC(=O)c1nccnc1N)C(=O)O. The number of aliphatic carboxylic acids is 1. The maximum absolute atomic E-state index is 11.8. The Labute approximate surface area is 104 Å². The Morgan fingerprint density at radius 3 is 2.56 bits per heavy atom. The lowest BCUT2D eigenvalue weighted by Gasteiger charge is -2.19. The first-order chi connectivity index (χ1) is 8.47. The fourth-order valence-electron chi connectivity index (χ4n) is 1.42. The molecule has 98 valence electrons. The van der Waals surface area contributed by atoms with Crippen LogP contribution in [0.15, 0.2) is 12.4 Å². The maximum atomic E-state index is 11.8. The first-order valence-corrected chi connectivity index (χ1v) is 5.57. The Hall–Kier alpha value is -2.18. The Morgan fingerprint density at radius 2 is 2.06 bits per heavy atom. The Bertz CT molecular complexity index is 450. The number of carboxylic acids is 1. The third kappa shape index (κ3) is 3.16. The van der Waals surface area contributed by atoms with Crippen LogP contribution < -0.4 is 11.1 Å². The molecule has 0 radical (unpaired) electrons. The van der Waals surface area contributed by atoms with E-state index in [1.54, 1.807) is 6.92 Å². The second kappa shape index (κ2) is 5.95. The molecular formula is C11H16N4O3. The minimum absolute atomic E-state index is 0.0247. The molecule has 0 aromatic carbocycles. The lowest BCUT2D eigenvalue weighted by Crippen LogP contribution is -2.45. The number of carboxylic acid groups (broad SMARTS) is 1. The van der Waals surface area contributed by atoms with Gasteiger partial charge in [0.1, 0.15) is 6.04 Å². The molecule has 1 amide bonds. The summed E-state index contributed by atoms with van der Waals surface area (Å²) in [6.45, 7) is 3.60. The number of nitrogens with zero attached hydrogens (tertiary/aromatic N) is 2. The molecular weight excluding hydrogens is 236 g/mol. The van der Waals surface area contributed by atoms with Crippen LogP contribution in [-0.4, -0.2) is 33.0 Å². The summed E-state index contributed by atoms with van der Waals surface area (Å²) in [5.41, 5.74) is 5.44. The van der Waals surface area contributed by atoms with Gasteiger partial charge in [0, 0.05) is 12.4 Å². The predicted molar refractivity (Wildman–Crippen MR) is 64.8 cm³/mol. The van der Waals surface area contributed by atoms with Crippen molar-refractivity contribution in [3.05, 3.63) is 18.1 Å². The van der Waals surface area contributed by atoms with Gasteiger partial charge in [0.2, 0.25) is 0 Å². The topological polar surface area (TPSA) is 118 Å². The fourth-order valence-corrected chi connectivity index (χ4v) is 1.42. The molecule has 2 atom stereocenters. The van der Waals surface area contributed by atoms with Gasteiger partial charge < -0.3 is 16.2 Å². The number of rotatable bonds is 5. The van der Waals surface area contributed by atoms with Gasteiger partial charge in [-0.05, 0) is 5.92 Å². The molecule has 0 aliphatic rings. The number of carbonyl (C=O) groups is 2. The van der Waals surface area contributed by atoms with Crippen molar-refractivity contribution in [2.45, 2.75) is 26.3 Å². The van der Waals surface area contributed by atoms with Gasteiger partial charge in [0.05, 0.1) is 0 Å². The highest BCUT2D eigenvalue weighted by Gasteiger charge is 2.26. The van der Waals surface area contributed by atoms with E-state index in [4.69, 9.17) is 10.8 Å². The second-order valence-corrected chi connectivity index (χ2v) is 3.97. The molecule has 1 rings (SSSR count). The zero-order valence-corrected chi connectivity index (χ0v) is 10.3. The molecule has 0 saturated heterocycles. The Morgan fingerprint density at radius 1 is 1.44 bits per heavy atom. The van der Waals surface area contributed by atoms with Crippen molar-refractivity contribution in [3.63, 3.8) is 0 Å². The van der Waals surface area contributed by atoms with Crippen molar-refractivity contribution in [1.29, 1.82) is 0 Å². The summed E-state index contributed by atoms with van der Waals surface area (Å²) in [5, 5.41) is 11.5. The summed E-state index contributed by atoms with van der Waals surface area (Å²) >= 11 is 0. The number of amides is 1. The smallest absolute Gasteiger partial charge is 0.326 e. The van der Waals surface area contributed by atoms with E-state index in [1.165, 1.54) is 12.4 Å². The van der Waals surface area contributed by atoms with E-state index in [-0.39, 0.29) is 17.4 Å². The summed E-state index contributed by atoms with van der Waals surface area (Å²) in [4.78, 5) is 30.4. The van der Waals surface area contributed by atoms with Gasteiger partial charge in [0.25, 0.3) is 5.91 Å². The number of nitrogens with two attached hydrogens (primary N) is 1. The third-order valence-corrected chi connectivity index (χ3v) is 2.71. The van der Waals surface area contributed by atoms with E-state index < -0.39 is 17.9 Å². The van der Waals surface area contributed by atoms with Crippen LogP contribution in [0.3, 0.4) is 0 Å². The standard InChI is InChI=1S/C11H16N4O3/c1-3-6(2)7(11(17)18)15-10(16)8-9(12)14-5-4-13-8/h4-7H,3H2,1-2H3,(H2,12,14)(H,15,16)(H,17,18)/t6-,7-/m0/s1. The van der Waals surface area contributed by atoms with Crippen molar-refractivity contribution in [2.75, 3.05) is 5.73 Å². The highest BCUT2D eigenvalue weighted by atomic mass is 16.4. The van der Waals surface area contributed by atoms with Crippen molar-refractivity contribution in [3.8, 4) is 0 Å². The summed E-state index contributed by atoms with van der Waals surface area (Å²) in [6.07, 6.45) is 3.31. The van der Waals surface area contributed by atoms with Crippen molar-refractivity contribution < 1.29 is 14.7 Å². The minimum Gasteiger partial charge on any atom is -0.480 e. The highest BCUT2D eigenvalue weighted by Crippen LogP contribution is 2.10. The van der Waals surface area contributed by atoms with Gasteiger partial charge >= 0.3 is 5.97 Å². The van der Waals surface area contributed by atoms with E-state index in [9.17, 15) is 9.59 Å². The second-order valence-electron chi connectivity index (χ2n) is 3.97. The molecule has 0 fully saturated rings. The van der Waals surface area contributed by atoms with E-state index in [1.807, 2.05) is 6.92 Å². The molecule has 1 aromatic rings. The lowest BCUT2D eigenvalue weighted by molar-refractivity contribution is -0.140. The van der Waals surface area contributed by atoms with Crippen LogP contribution in [0.2, 0.25) is 0 Å². The van der Waals surface area contributed by atoms with Crippen LogP contribution >= 0.6 is 0 Å². The summed E-state index contributed by atoms with van der Waals surface area (Å²) < 4.78 is 0. The van der Waals surface area contributed by atoms with Gasteiger partial charge in [0.15, 0.2) is 11.5 Å². The van der Waals surface area contributed by atoms with Crippen molar-refractivity contribution >= 4 is 17.7 Å². The zero-order valence-electron chi connectivity index (χ0n) is 10.3. The van der Waals surface area contributed by atoms with Gasteiger partial charge in [-0.1, -0.05) is 20.3 Å². The third-order valence-electron chi connectivity index (χ3n) is 2.71. The van der Waals surface area contributed by atoms with Crippen LogP contribution in [0.5, 0.6) is 0 Å². The molecule has 4 N–H and O–H groups in total. The van der Waals surface area contributed by atoms with Crippen LogP contribution in [0.25, 0.3) is 0 Å². The van der Waals surface area contributed by atoms with Crippen LogP contribution in [0, 0.1) is 5.92 Å². The minimum atomic E-state index is -1.08. The number of carbonyl (C=O) groups excluding carboxylic acids is 1. The molecule has 1 aromatic heterocycles. The van der Waals surface area contributed by atoms with Crippen LogP contribution in [-0.2, 0) is 4.79 Å². The molecule has 0 aliphatic carbocycles. The number of hydrogen-bond acceptors (Lipinski definition) is 5. The average Bonchev–Trinajstić information content (AvgIpc) is 2.35. The zero-order chi connectivity index (χ0) is 13.7. The monoisotopic (exact) mass is 252 g/mol. The summed E-state index contributed by atoms with van der Waals surface area (Å²) in [5.74, 6) is -1.93. The quantitative estimate of drug-likeness (QED) is 0.693. The average molecular weight is 252 g/mol. The molecule has 18 heavy (non-hydrogen) atoms. The molecule has 7 heteroatoms. The van der Waals surface area contributed by atoms with Gasteiger partial charge in [-0.3, -0.25) is 4.79 Å². The van der Waals surface area contributed by atoms with Gasteiger partial charge in [-0.25, -0.2) is 14.8 Å². The molecule has 0 aliphatic heterocycles. The van der Waals surface area contributed by atoms with E-state index in [2.05, 4.69) is 15.3 Å². The number of aromatic nitrogens is 2. The first kappa shape index (κ1) is 13.9. The van der Waals surface area contributed by atoms with Crippen LogP contribution in [0.1, 0.15) is 30.8 Å². The first-order valence-electron chi connectivity index (χ1n) is 5.57. The number of anilines is 1. The van der Waals surface area contributed by atoms with Crippen molar-refractivity contribution in [1.82, 2.24) is 15.3 Å². The highest BCUT2D eigenvalue weighted by molar-refractivity contribution is 5.98.